The van der Waals surface area contributed by atoms with E-state index in [4.69, 9.17) is 109 Å². The monoisotopic (exact) mass is 2160 g/mol. The van der Waals surface area contributed by atoms with E-state index >= 15 is 0 Å². The molecule has 0 aromatic heterocycles. The molecule has 0 radical (unpaired) electrons. The number of carbonyl (C=O) groups is 6. The van der Waals surface area contributed by atoms with Gasteiger partial charge >= 0.3 is 0 Å². The summed E-state index contributed by atoms with van der Waals surface area (Å²) in [6.07, 6.45) is -115. The van der Waals surface area contributed by atoms with E-state index in [9.17, 15) is 177 Å². The Kier molecular flexibility index (Phi) is 43.2. The van der Waals surface area contributed by atoms with Crippen LogP contribution in [0, 0.1) is 0 Å². The summed E-state index contributed by atoms with van der Waals surface area (Å²) in [6.45, 7) is -1.45. The van der Waals surface area contributed by atoms with Crippen LogP contribution in [-0.4, -0.2) is 611 Å². The van der Waals surface area contributed by atoms with Crippen LogP contribution in [0.2, 0.25) is 0 Å². The molecule has 12 aliphatic rings. The van der Waals surface area contributed by atoms with Crippen LogP contribution in [0.15, 0.2) is 0 Å². The Labute approximate surface area is 840 Å². The lowest BCUT2D eigenvalue weighted by Gasteiger charge is -2.52. The lowest BCUT2D eigenvalue weighted by atomic mass is 9.93. The summed E-state index contributed by atoms with van der Waals surface area (Å²) in [7, 11) is 0. The fourth-order valence-electron chi connectivity index (χ4n) is 19.4. The molecule has 0 saturated carbocycles. The Morgan fingerprint density at radius 3 is 0.831 bits per heavy atom. The van der Waals surface area contributed by atoms with Gasteiger partial charge in [-0.25, -0.2) is 0 Å². The number of aliphatic hydroxyl groups excluding tert-OH is 29. The van der Waals surface area contributed by atoms with Gasteiger partial charge in [-0.05, 0) is 20.8 Å². The summed E-state index contributed by atoms with van der Waals surface area (Å²) in [5, 5.41) is 346. The summed E-state index contributed by atoms with van der Waals surface area (Å²) in [5.41, 5.74) is 0. The van der Waals surface area contributed by atoms with E-state index < -0.39 is 463 Å². The molecule has 12 saturated heterocycles. The number of rotatable bonds is 37. The molecule has 60 atom stereocenters. The van der Waals surface area contributed by atoms with E-state index in [0.29, 0.717) is 0 Å². The molecule has 64 nitrogen and oxygen atoms in total. The van der Waals surface area contributed by atoms with E-state index in [1.165, 1.54) is 20.8 Å². The Bertz CT molecular complexity index is 4210. The quantitative estimate of drug-likeness (QED) is 0.0275. The van der Waals surface area contributed by atoms with Crippen molar-refractivity contribution in [3.63, 3.8) is 0 Å². The van der Waals surface area contributed by atoms with Gasteiger partial charge in [0.05, 0.1) is 77.8 Å². The molecule has 12 rings (SSSR count). The third-order valence-electron chi connectivity index (χ3n) is 27.4. The van der Waals surface area contributed by atoms with Crippen LogP contribution in [0.1, 0.15) is 62.3 Å². The lowest BCUT2D eigenvalue weighted by molar-refractivity contribution is -0.403. The molecule has 6 amide bonds. The van der Waals surface area contributed by atoms with Gasteiger partial charge in [0, 0.05) is 41.5 Å². The van der Waals surface area contributed by atoms with E-state index in [1.54, 1.807) is 0 Å². The first-order chi connectivity index (χ1) is 69.8. The topological polar surface area (TPSA) is 974 Å². The predicted molar refractivity (Wildman–Crippen MR) is 460 cm³/mol. The Morgan fingerprint density at radius 2 is 0.439 bits per heavy atom. The van der Waals surface area contributed by atoms with Crippen LogP contribution < -0.4 is 31.9 Å². The molecule has 0 aromatic rings. The summed E-state index contributed by atoms with van der Waals surface area (Å²) >= 11 is 0. The predicted octanol–water partition coefficient (Wildman–Crippen LogP) is -23.2. The number of ether oxygens (including phenoxy) is 23. The molecular weight excluding hydrogens is 2020 g/mol. The molecule has 12 heterocycles. The molecule has 0 bridgehead atoms. The molecule has 64 heteroatoms. The highest BCUT2D eigenvalue weighted by Crippen LogP contribution is 2.44. The molecular formula is C84H140N6O58. The van der Waals surface area contributed by atoms with Gasteiger partial charge in [-0.15, -0.1) is 0 Å². The van der Waals surface area contributed by atoms with E-state index in [1.807, 2.05) is 0 Å². The Balaban J connectivity index is 0.929. The molecule has 854 valence electrons. The van der Waals surface area contributed by atoms with Gasteiger partial charge < -0.3 is 289 Å². The van der Waals surface area contributed by atoms with Gasteiger partial charge in [0.15, 0.2) is 75.5 Å². The van der Waals surface area contributed by atoms with Crippen molar-refractivity contribution in [2.24, 2.45) is 0 Å². The minimum absolute atomic E-state index is 0.879. The van der Waals surface area contributed by atoms with Crippen molar-refractivity contribution in [1.29, 1.82) is 0 Å². The molecule has 0 aliphatic carbocycles. The summed E-state index contributed by atoms with van der Waals surface area (Å²) in [5.74, 6) is -5.81. The van der Waals surface area contributed by atoms with Crippen LogP contribution in [0.3, 0.4) is 0 Å². The number of aliphatic hydroxyl groups is 29. The average Bonchev–Trinajstić information content (AvgIpc) is 0.753. The summed E-state index contributed by atoms with van der Waals surface area (Å²) in [6, 6.07) is -11.8. The van der Waals surface area contributed by atoms with Crippen molar-refractivity contribution in [1.82, 2.24) is 31.9 Å². The van der Waals surface area contributed by atoms with Crippen molar-refractivity contribution in [3.05, 3.63) is 0 Å². The van der Waals surface area contributed by atoms with Crippen molar-refractivity contribution >= 4 is 35.4 Å². The second kappa shape index (κ2) is 52.7. The van der Waals surface area contributed by atoms with Crippen molar-refractivity contribution in [2.75, 3.05) is 59.5 Å². The molecule has 0 spiro atoms. The molecule has 0 aromatic carbocycles. The smallest absolute Gasteiger partial charge is 0.217 e. The standard InChI is InChI=1S/C84H140N6O58/c1-19-43(104)55(116)60(121)79(128-19)126-18-36-65(53(114)37(73(125)131-36)85-22(4)98)140-76-40(88-25(7)101)54(115)64(32(14-95)136-76)141-82-63(124)70(146-84-72(59(120)49(110)31(13-94)135-84)148-78-42(90-27(9)103)69(145-81-62(123)57(118)45(106)21(3)130-81)67(34(16-97)138-78)143-75-39(87-24(6)100)52(113)47(108)29(11-92)133-75)50(111)35(139-82)17-127-83-71(58(119)48(109)30(12-93)134-83)147-77-41(89-26(8)102)68(144-80-61(122)56(117)44(105)20(2)129-80)66(33(15-96)137-77)142-74-38(86-23(5)99)51(112)46(107)28(10-91)132-74/h19-21,28-84,91-97,104-125H,10-18H2,1-9H3,(H,85,98)(H,86,99)(H,87,100)(H,88,101)(H,89,102)(H,90,103)/t19-,20-,21-,28+,29+,30+,31+,32+,33+,34+,35+,36+,37+,38+,39+,40+,41+,42+,43+,44+,45+,46-,47-,48+,49+,50+,51+,52+,53+,54+,55+,56+,57+,58-,59-,60-,61-,62-,63-,64+,65+,66+,67+,68+,69+,70-,71-,72-,73+,74-,75-,76-,77-,78-,79+,80-,81-,82-,83-,84+/m0/s1. The van der Waals surface area contributed by atoms with Crippen LogP contribution >= 0.6 is 0 Å². The van der Waals surface area contributed by atoms with Crippen molar-refractivity contribution in [2.45, 2.75) is 430 Å². The van der Waals surface area contributed by atoms with Gasteiger partial charge in [-0.1, -0.05) is 0 Å². The van der Waals surface area contributed by atoms with Crippen LogP contribution in [0.4, 0.5) is 0 Å². The number of hydrogen-bond donors (Lipinski definition) is 35. The van der Waals surface area contributed by atoms with Crippen LogP contribution in [0.25, 0.3) is 0 Å². The Morgan fingerprint density at radius 1 is 0.189 bits per heavy atom. The molecule has 12 fully saturated rings. The number of carbonyl (C=O) groups excluding carboxylic acids is 6. The lowest BCUT2D eigenvalue weighted by Crippen LogP contribution is -2.72. The highest BCUT2D eigenvalue weighted by atomic mass is 16.8. The third-order valence-corrected chi connectivity index (χ3v) is 27.4. The molecule has 148 heavy (non-hydrogen) atoms. The fourth-order valence-corrected chi connectivity index (χ4v) is 19.4. The molecule has 12 aliphatic heterocycles. The highest BCUT2D eigenvalue weighted by molar-refractivity contribution is 5.75. The zero-order valence-electron chi connectivity index (χ0n) is 80.8. The third kappa shape index (κ3) is 27.1. The van der Waals surface area contributed by atoms with Gasteiger partial charge in [-0.2, -0.15) is 0 Å². The summed E-state index contributed by atoms with van der Waals surface area (Å²) < 4.78 is 142. The zero-order valence-corrected chi connectivity index (χ0v) is 80.8. The normalized spacial score (nSPS) is 49.3. The van der Waals surface area contributed by atoms with Gasteiger partial charge in [-0.3, -0.25) is 28.8 Å². The highest BCUT2D eigenvalue weighted by Gasteiger charge is 2.64. The van der Waals surface area contributed by atoms with Gasteiger partial charge in [0.25, 0.3) is 0 Å². The van der Waals surface area contributed by atoms with Crippen LogP contribution in [0.5, 0.6) is 0 Å². The minimum Gasteiger partial charge on any atom is -0.394 e. The van der Waals surface area contributed by atoms with Gasteiger partial charge in [0.2, 0.25) is 35.4 Å². The first-order valence-corrected chi connectivity index (χ1v) is 47.7. The maximum Gasteiger partial charge on any atom is 0.217 e. The first-order valence-electron chi connectivity index (χ1n) is 47.7. The summed E-state index contributed by atoms with van der Waals surface area (Å²) in [4.78, 5) is 79.2. The van der Waals surface area contributed by atoms with E-state index in [0.717, 1.165) is 41.5 Å². The SMILES string of the molecule is CC(=O)N[C@@H]1[C@@H](O)[C@H](O[C@@H]2O[C@H](CO)[C@@H](O[C@@H]3O[C@H](CO[C@H]4O[C@H](CO)[C@@H](O)[C@H](O)[C@@H]4O[C@@H]4O[C@H](CO)[C@@H](O[C@@H]5O[C@H](CO)[C@H](O)[C@H](O)[C@H]5NC(C)=O)[C@H](O[C@@H]5O[C@@H](C)[C@@H](O)[C@@H](O)[C@@H]5O)[C@H]4NC(C)=O)[C@@H](O)[C@H](O[C@H]4O[C@H](CO)[C@@H](O)[C@H](O)[C@@H]4O[C@@H]4O[C@H](CO)[C@@H](O[C@@H]5O[C@H](CO)[C@H](O)[C@H](O)[C@H]5NC(C)=O)[C@H](O[C@@H]5O[C@@H](C)[C@@H](O)[C@@H](O)[C@@H]5O)[C@H]4NC(C)=O)[C@@H]3O)[C@H](O)[C@H]2NC(C)=O)[C@@H](CO[C@@H]2O[C@@H](C)[C@@H](O)[C@@H](O)[C@@H]2O)O[C@H]1O. The molecule has 0 unspecified atom stereocenters. The number of nitrogens with one attached hydrogen (secondary N) is 6. The average molecular weight is 2160 g/mol. The number of hydrogen-bond acceptors (Lipinski definition) is 58. The largest absolute Gasteiger partial charge is 0.394 e. The first kappa shape index (κ1) is 121. The maximum atomic E-state index is 13.8. The van der Waals surface area contributed by atoms with Crippen molar-refractivity contribution in [3.8, 4) is 0 Å². The maximum absolute atomic E-state index is 13.8. The van der Waals surface area contributed by atoms with E-state index in [2.05, 4.69) is 31.9 Å². The second-order valence-electron chi connectivity index (χ2n) is 38.0. The Hall–Kier alpha value is -5.26. The van der Waals surface area contributed by atoms with Crippen molar-refractivity contribution < 1.29 is 286 Å². The van der Waals surface area contributed by atoms with E-state index in [-0.39, 0.29) is 0 Å². The minimum atomic E-state index is -2.75. The van der Waals surface area contributed by atoms with Gasteiger partial charge in [0.1, 0.15) is 274 Å². The fraction of sp³-hybridized carbons (Fsp3) is 0.929. The second-order valence-corrected chi connectivity index (χ2v) is 38.0. The zero-order chi connectivity index (χ0) is 109. The molecule has 35 N–H and O–H groups in total. The number of amides is 6. The van der Waals surface area contributed by atoms with Crippen LogP contribution in [-0.2, 0) is 138 Å².